The minimum Gasteiger partial charge on any atom is -0.267 e. The second kappa shape index (κ2) is 4.39. The lowest BCUT2D eigenvalue weighted by Gasteiger charge is -2.40. The van der Waals surface area contributed by atoms with Crippen LogP contribution in [0.25, 0.3) is 0 Å². The van der Waals surface area contributed by atoms with Gasteiger partial charge in [0.25, 0.3) is 0 Å². The average Bonchev–Trinajstić information content (AvgIpc) is 3.03. The quantitative estimate of drug-likeness (QED) is 0.637. The fourth-order valence-electron chi connectivity index (χ4n) is 2.29. The van der Waals surface area contributed by atoms with Gasteiger partial charge in [-0.25, -0.2) is 9.89 Å². The first-order valence-corrected chi connectivity index (χ1v) is 7.76. The number of H-pyrrole nitrogens is 1. The Kier molecular flexibility index (Phi) is 3.02. The first-order valence-electron chi connectivity index (χ1n) is 6.15. The van der Waals surface area contributed by atoms with Gasteiger partial charge in [0.1, 0.15) is 0 Å². The van der Waals surface area contributed by atoms with Crippen molar-refractivity contribution >= 4 is 24.4 Å². The monoisotopic (exact) mass is 271 g/mol. The Bertz CT molecular complexity index is 454. The molecule has 1 N–H and O–H groups in total. The molecule has 2 aliphatic carbocycles. The molecule has 0 radical (unpaired) electrons. The topological polar surface area (TPSA) is 50.7 Å². The highest BCUT2D eigenvalue weighted by atomic mass is 32.2. The van der Waals surface area contributed by atoms with Gasteiger partial charge in [-0.3, -0.25) is 4.57 Å². The van der Waals surface area contributed by atoms with Crippen LogP contribution in [0.1, 0.15) is 38.1 Å². The summed E-state index contributed by atoms with van der Waals surface area (Å²) in [5.74, 6) is 1.98. The van der Waals surface area contributed by atoms with Crippen molar-refractivity contribution in [2.24, 2.45) is 5.41 Å². The van der Waals surface area contributed by atoms with E-state index in [4.69, 9.17) is 0 Å². The molecule has 0 atom stereocenters. The van der Waals surface area contributed by atoms with Gasteiger partial charge in [0.2, 0.25) is 0 Å². The molecular formula is C11H17N3OS2. The summed E-state index contributed by atoms with van der Waals surface area (Å²) >= 11 is 6.17. The van der Waals surface area contributed by atoms with Gasteiger partial charge in [-0.1, -0.05) is 18.2 Å². The molecular weight excluding hydrogens is 254 g/mol. The Morgan fingerprint density at radius 3 is 2.82 bits per heavy atom. The largest absolute Gasteiger partial charge is 0.344 e. The predicted molar refractivity (Wildman–Crippen MR) is 72.0 cm³/mol. The summed E-state index contributed by atoms with van der Waals surface area (Å²) in [6.45, 7) is 0. The Labute approximate surface area is 110 Å². The lowest BCUT2D eigenvalue weighted by Crippen LogP contribution is -2.34. The molecule has 0 aromatic carbocycles. The molecule has 3 rings (SSSR count). The van der Waals surface area contributed by atoms with Crippen LogP contribution >= 0.6 is 24.4 Å². The number of rotatable bonds is 5. The maximum absolute atomic E-state index is 11.6. The highest BCUT2D eigenvalue weighted by molar-refractivity contribution is 7.99. The van der Waals surface area contributed by atoms with E-state index in [1.807, 2.05) is 4.57 Å². The predicted octanol–water partition coefficient (Wildman–Crippen LogP) is 2.10. The molecule has 17 heavy (non-hydrogen) atoms. The number of thiol groups is 1. The van der Waals surface area contributed by atoms with Gasteiger partial charge < -0.3 is 0 Å². The molecule has 1 aromatic heterocycles. The molecule has 94 valence electrons. The SMILES string of the molecule is O=c1[nH]nc(SCC2(CS)CCC2)n1C1CC1. The second-order valence-electron chi connectivity index (χ2n) is 5.21. The number of hydrogen-bond acceptors (Lipinski definition) is 4. The van der Waals surface area contributed by atoms with E-state index in [1.165, 1.54) is 19.3 Å². The fraction of sp³-hybridized carbons (Fsp3) is 0.818. The molecule has 2 saturated carbocycles. The van der Waals surface area contributed by atoms with Crippen molar-refractivity contribution < 1.29 is 0 Å². The van der Waals surface area contributed by atoms with Gasteiger partial charge in [-0.2, -0.15) is 12.6 Å². The average molecular weight is 271 g/mol. The molecule has 4 nitrogen and oxygen atoms in total. The molecule has 0 spiro atoms. The minimum absolute atomic E-state index is 0.0523. The molecule has 2 aliphatic rings. The van der Waals surface area contributed by atoms with Gasteiger partial charge in [0.15, 0.2) is 5.16 Å². The number of hydrogen-bond donors (Lipinski definition) is 2. The van der Waals surface area contributed by atoms with E-state index >= 15 is 0 Å². The molecule has 0 saturated heterocycles. The molecule has 0 unspecified atom stereocenters. The molecule has 2 fully saturated rings. The van der Waals surface area contributed by atoms with E-state index in [1.54, 1.807) is 11.8 Å². The second-order valence-corrected chi connectivity index (χ2v) is 6.47. The van der Waals surface area contributed by atoms with Crippen LogP contribution < -0.4 is 5.69 Å². The molecule has 0 bridgehead atoms. The fourth-order valence-corrected chi connectivity index (χ4v) is 4.18. The van der Waals surface area contributed by atoms with E-state index in [-0.39, 0.29) is 5.69 Å². The number of aromatic amines is 1. The van der Waals surface area contributed by atoms with E-state index < -0.39 is 0 Å². The molecule has 6 heteroatoms. The highest BCUT2D eigenvalue weighted by Crippen LogP contribution is 2.45. The lowest BCUT2D eigenvalue weighted by molar-refractivity contribution is 0.205. The summed E-state index contributed by atoms with van der Waals surface area (Å²) in [6.07, 6.45) is 6.08. The van der Waals surface area contributed by atoms with Crippen LogP contribution in [0.4, 0.5) is 0 Å². The van der Waals surface area contributed by atoms with Crippen molar-refractivity contribution in [3.63, 3.8) is 0 Å². The Morgan fingerprint density at radius 1 is 1.53 bits per heavy atom. The van der Waals surface area contributed by atoms with Crippen molar-refractivity contribution in [1.29, 1.82) is 0 Å². The van der Waals surface area contributed by atoms with E-state index in [9.17, 15) is 4.79 Å². The highest BCUT2D eigenvalue weighted by Gasteiger charge is 2.36. The number of nitrogens with one attached hydrogen (secondary N) is 1. The summed E-state index contributed by atoms with van der Waals surface area (Å²) in [5.41, 5.74) is 0.334. The summed E-state index contributed by atoms with van der Waals surface area (Å²) in [7, 11) is 0. The summed E-state index contributed by atoms with van der Waals surface area (Å²) in [5, 5.41) is 7.57. The van der Waals surface area contributed by atoms with Crippen molar-refractivity contribution in [3.05, 3.63) is 10.5 Å². The molecule has 1 aromatic rings. The third kappa shape index (κ3) is 2.17. The molecule has 1 heterocycles. The number of nitrogens with zero attached hydrogens (tertiary/aromatic N) is 2. The molecule has 0 amide bonds. The summed E-state index contributed by atoms with van der Waals surface area (Å²) in [4.78, 5) is 11.6. The Balaban J connectivity index is 1.70. The Hall–Kier alpha value is -0.360. The van der Waals surface area contributed by atoms with Gasteiger partial charge in [-0.05, 0) is 36.9 Å². The van der Waals surface area contributed by atoms with Crippen molar-refractivity contribution in [2.75, 3.05) is 11.5 Å². The third-order valence-corrected chi connectivity index (χ3v) is 5.81. The van der Waals surface area contributed by atoms with E-state index in [0.29, 0.717) is 11.5 Å². The third-order valence-electron chi connectivity index (χ3n) is 3.84. The van der Waals surface area contributed by atoms with Crippen molar-refractivity contribution in [1.82, 2.24) is 14.8 Å². The van der Waals surface area contributed by atoms with Crippen LogP contribution in [-0.4, -0.2) is 26.3 Å². The van der Waals surface area contributed by atoms with Gasteiger partial charge in [0, 0.05) is 11.8 Å². The zero-order valence-corrected chi connectivity index (χ0v) is 11.4. The lowest BCUT2D eigenvalue weighted by atomic mass is 9.72. The first kappa shape index (κ1) is 11.7. The van der Waals surface area contributed by atoms with E-state index in [0.717, 1.165) is 29.5 Å². The zero-order valence-electron chi connectivity index (χ0n) is 9.69. The van der Waals surface area contributed by atoms with Crippen molar-refractivity contribution in [3.8, 4) is 0 Å². The van der Waals surface area contributed by atoms with E-state index in [2.05, 4.69) is 22.8 Å². The minimum atomic E-state index is -0.0523. The maximum atomic E-state index is 11.6. The first-order chi connectivity index (χ1) is 8.24. The number of aromatic nitrogens is 3. The van der Waals surface area contributed by atoms with Crippen molar-refractivity contribution in [2.45, 2.75) is 43.3 Å². The maximum Gasteiger partial charge on any atom is 0.344 e. The van der Waals surface area contributed by atoms with Gasteiger partial charge in [0.05, 0.1) is 0 Å². The zero-order chi connectivity index (χ0) is 11.9. The van der Waals surface area contributed by atoms with Crippen LogP contribution in [0.5, 0.6) is 0 Å². The van der Waals surface area contributed by atoms with Crippen LogP contribution in [0.3, 0.4) is 0 Å². The summed E-state index contributed by atoms with van der Waals surface area (Å²) < 4.78 is 1.83. The smallest absolute Gasteiger partial charge is 0.267 e. The van der Waals surface area contributed by atoms with Crippen LogP contribution in [-0.2, 0) is 0 Å². The van der Waals surface area contributed by atoms with Gasteiger partial charge >= 0.3 is 5.69 Å². The normalized spacial score (nSPS) is 22.4. The summed E-state index contributed by atoms with van der Waals surface area (Å²) in [6, 6.07) is 0.400. The van der Waals surface area contributed by atoms with Crippen LogP contribution in [0, 0.1) is 5.41 Å². The number of thioether (sulfide) groups is 1. The Morgan fingerprint density at radius 2 is 2.29 bits per heavy atom. The molecule has 0 aliphatic heterocycles. The van der Waals surface area contributed by atoms with Crippen LogP contribution in [0.15, 0.2) is 9.95 Å². The van der Waals surface area contributed by atoms with Gasteiger partial charge in [-0.15, -0.1) is 5.10 Å². The van der Waals surface area contributed by atoms with Crippen LogP contribution in [0.2, 0.25) is 0 Å². The standard InChI is InChI=1S/C11H17N3OS2/c15-9-12-13-10(14(9)8-2-3-8)17-7-11(6-16)4-1-5-11/h8,16H,1-7H2,(H,12,15).